The number of hydrogen-bond donors (Lipinski definition) is 6. The maximum atomic E-state index is 9.95. The van der Waals surface area contributed by atoms with Gasteiger partial charge in [-0.1, -0.05) is 52.4 Å². The van der Waals surface area contributed by atoms with Gasteiger partial charge >= 0.3 is 0 Å². The van der Waals surface area contributed by atoms with Crippen molar-refractivity contribution < 1.29 is 30.6 Å². The molecule has 0 aliphatic heterocycles. The number of phenolic OH excluding ortho intramolecular Hbond substituents is 6. The first-order valence-electron chi connectivity index (χ1n) is 11.7. The second-order valence-corrected chi connectivity index (χ2v) is 8.89. The molecule has 2 rings (SSSR count). The molecule has 0 heterocycles. The first kappa shape index (κ1) is 25.5. The van der Waals surface area contributed by atoms with Crippen LogP contribution in [0.4, 0.5) is 0 Å². The van der Waals surface area contributed by atoms with Crippen LogP contribution in [0, 0.1) is 11.8 Å². The minimum atomic E-state index is -0.509. The van der Waals surface area contributed by atoms with Gasteiger partial charge in [-0.3, -0.25) is 0 Å². The van der Waals surface area contributed by atoms with Gasteiger partial charge in [0.1, 0.15) is 0 Å². The molecule has 0 aromatic heterocycles. The highest BCUT2D eigenvalue weighted by Gasteiger charge is 2.24. The van der Waals surface area contributed by atoms with Gasteiger partial charge < -0.3 is 30.6 Å². The third-order valence-electron chi connectivity index (χ3n) is 6.28. The van der Waals surface area contributed by atoms with Crippen molar-refractivity contribution in [3.05, 3.63) is 35.4 Å². The van der Waals surface area contributed by atoms with Crippen molar-refractivity contribution in [2.75, 3.05) is 0 Å². The molecule has 0 aliphatic carbocycles. The molecule has 2 aromatic rings. The van der Waals surface area contributed by atoms with Crippen molar-refractivity contribution in [3.63, 3.8) is 0 Å². The largest absolute Gasteiger partial charge is 0.504 e. The minimum absolute atomic E-state index is 0.248. The molecular formula is C26H38O6. The van der Waals surface area contributed by atoms with E-state index < -0.39 is 11.5 Å². The zero-order valence-corrected chi connectivity index (χ0v) is 19.2. The summed E-state index contributed by atoms with van der Waals surface area (Å²) in [6.45, 7) is 4.31. The van der Waals surface area contributed by atoms with Crippen LogP contribution < -0.4 is 0 Å². The Morgan fingerprint density at radius 2 is 0.906 bits per heavy atom. The summed E-state index contributed by atoms with van der Waals surface area (Å²) in [5, 5.41) is 59.2. The molecule has 0 aliphatic rings. The molecule has 0 spiro atoms. The maximum absolute atomic E-state index is 9.95. The third-order valence-corrected chi connectivity index (χ3v) is 6.28. The SMILES string of the molecule is CCCCCC[C@H](Cc1cc(O)c(O)c(O)c1)[C@H](CCCC)Cc1cc(O)c(O)c(O)c1. The molecule has 0 fully saturated rings. The lowest BCUT2D eigenvalue weighted by atomic mass is 9.77. The Labute approximate surface area is 190 Å². The van der Waals surface area contributed by atoms with Crippen molar-refractivity contribution in [1.29, 1.82) is 0 Å². The highest BCUT2D eigenvalue weighted by Crippen LogP contribution is 2.40. The Balaban J connectivity index is 2.31. The van der Waals surface area contributed by atoms with Gasteiger partial charge in [0, 0.05) is 0 Å². The fourth-order valence-electron chi connectivity index (χ4n) is 4.47. The van der Waals surface area contributed by atoms with E-state index in [4.69, 9.17) is 0 Å². The molecule has 6 N–H and O–H groups in total. The molecule has 178 valence electrons. The van der Waals surface area contributed by atoms with Gasteiger partial charge in [0.2, 0.25) is 0 Å². The van der Waals surface area contributed by atoms with Crippen molar-refractivity contribution in [2.45, 2.75) is 78.1 Å². The van der Waals surface area contributed by atoms with Gasteiger partial charge in [-0.15, -0.1) is 0 Å². The first-order valence-corrected chi connectivity index (χ1v) is 11.7. The molecule has 6 heteroatoms. The van der Waals surface area contributed by atoms with Crippen molar-refractivity contribution >= 4 is 0 Å². The Hall–Kier alpha value is -2.76. The summed E-state index contributed by atoms with van der Waals surface area (Å²) in [6.07, 6.45) is 9.84. The topological polar surface area (TPSA) is 121 Å². The van der Waals surface area contributed by atoms with E-state index in [9.17, 15) is 30.6 Å². The molecule has 2 atom stereocenters. The van der Waals surface area contributed by atoms with Gasteiger partial charge in [0.05, 0.1) is 0 Å². The van der Waals surface area contributed by atoms with E-state index in [1.54, 1.807) is 0 Å². The van der Waals surface area contributed by atoms with Crippen LogP contribution >= 0.6 is 0 Å². The molecule has 0 saturated heterocycles. The molecule has 32 heavy (non-hydrogen) atoms. The Morgan fingerprint density at radius 3 is 1.28 bits per heavy atom. The van der Waals surface area contributed by atoms with Gasteiger partial charge in [-0.2, -0.15) is 0 Å². The monoisotopic (exact) mass is 446 g/mol. The van der Waals surface area contributed by atoms with Gasteiger partial charge in [0.15, 0.2) is 34.5 Å². The normalized spacial score (nSPS) is 13.2. The molecule has 6 nitrogen and oxygen atoms in total. The molecule has 0 amide bonds. The maximum Gasteiger partial charge on any atom is 0.200 e. The van der Waals surface area contributed by atoms with E-state index in [0.717, 1.165) is 56.1 Å². The quantitative estimate of drug-likeness (QED) is 0.163. The standard InChI is InChI=1S/C26H38O6/c1-3-5-7-8-10-20(12-18-15-23(29)26(32)24(30)16-18)19(9-6-4-2)11-17-13-21(27)25(31)22(28)14-17/h13-16,19-20,27-32H,3-12H2,1-2H3/t19-,20-/m1/s1. The molecular weight excluding hydrogens is 408 g/mol. The molecule has 0 radical (unpaired) electrons. The van der Waals surface area contributed by atoms with Crippen LogP contribution in [-0.2, 0) is 12.8 Å². The van der Waals surface area contributed by atoms with Crippen molar-refractivity contribution in [2.24, 2.45) is 11.8 Å². The summed E-state index contributed by atoms with van der Waals surface area (Å²) in [4.78, 5) is 0. The molecule has 0 saturated carbocycles. The minimum Gasteiger partial charge on any atom is -0.504 e. The van der Waals surface area contributed by atoms with Crippen LogP contribution in [0.3, 0.4) is 0 Å². The van der Waals surface area contributed by atoms with Crippen molar-refractivity contribution in [1.82, 2.24) is 0 Å². The number of unbranched alkanes of at least 4 members (excludes halogenated alkanes) is 4. The zero-order valence-electron chi connectivity index (χ0n) is 19.2. The van der Waals surface area contributed by atoms with E-state index in [2.05, 4.69) is 13.8 Å². The number of phenols is 6. The number of aromatic hydroxyl groups is 6. The predicted molar refractivity (Wildman–Crippen MR) is 126 cm³/mol. The van der Waals surface area contributed by atoms with Gasteiger partial charge in [0.25, 0.3) is 0 Å². The lowest BCUT2D eigenvalue weighted by molar-refractivity contribution is 0.274. The van der Waals surface area contributed by atoms with E-state index in [1.807, 2.05) is 0 Å². The molecule has 0 unspecified atom stereocenters. The van der Waals surface area contributed by atoms with E-state index in [1.165, 1.54) is 30.7 Å². The summed E-state index contributed by atoms with van der Waals surface area (Å²) in [7, 11) is 0. The van der Waals surface area contributed by atoms with Gasteiger partial charge in [-0.05, 0) is 72.9 Å². The molecule has 2 aromatic carbocycles. The summed E-state index contributed by atoms with van der Waals surface area (Å²) in [5.74, 6) is -1.84. The van der Waals surface area contributed by atoms with E-state index in [-0.39, 0.29) is 34.8 Å². The highest BCUT2D eigenvalue weighted by molar-refractivity contribution is 5.52. The van der Waals surface area contributed by atoms with Crippen LogP contribution in [0.1, 0.15) is 76.3 Å². The van der Waals surface area contributed by atoms with E-state index >= 15 is 0 Å². The van der Waals surface area contributed by atoms with Crippen LogP contribution in [0.2, 0.25) is 0 Å². The van der Waals surface area contributed by atoms with Crippen LogP contribution in [-0.4, -0.2) is 30.6 Å². The van der Waals surface area contributed by atoms with Crippen molar-refractivity contribution in [3.8, 4) is 34.5 Å². The van der Waals surface area contributed by atoms with Crippen LogP contribution in [0.5, 0.6) is 34.5 Å². The summed E-state index contributed by atoms with van der Waals surface area (Å²) < 4.78 is 0. The van der Waals surface area contributed by atoms with Crippen LogP contribution in [0.25, 0.3) is 0 Å². The summed E-state index contributed by atoms with van der Waals surface area (Å²) in [5.41, 5.74) is 1.52. The Bertz CT molecular complexity index is 817. The van der Waals surface area contributed by atoms with E-state index in [0.29, 0.717) is 12.8 Å². The average Bonchev–Trinajstić information content (AvgIpc) is 2.75. The highest BCUT2D eigenvalue weighted by atomic mass is 16.3. The smallest absolute Gasteiger partial charge is 0.200 e. The summed E-state index contributed by atoms with van der Waals surface area (Å²) in [6, 6.07) is 6.01. The number of benzene rings is 2. The Kier molecular flexibility index (Phi) is 9.82. The zero-order chi connectivity index (χ0) is 23.7. The lowest BCUT2D eigenvalue weighted by Crippen LogP contribution is -2.20. The molecule has 0 bridgehead atoms. The Morgan fingerprint density at radius 1 is 0.531 bits per heavy atom. The second kappa shape index (κ2) is 12.3. The van der Waals surface area contributed by atoms with Crippen LogP contribution in [0.15, 0.2) is 24.3 Å². The fraction of sp³-hybridized carbons (Fsp3) is 0.538. The number of rotatable bonds is 13. The predicted octanol–water partition coefficient (Wildman–Crippen LogP) is 6.10. The average molecular weight is 447 g/mol. The lowest BCUT2D eigenvalue weighted by Gasteiger charge is -2.28. The second-order valence-electron chi connectivity index (χ2n) is 8.89. The number of hydrogen-bond acceptors (Lipinski definition) is 6. The first-order chi connectivity index (χ1) is 15.3. The van der Waals surface area contributed by atoms with Gasteiger partial charge in [-0.25, -0.2) is 0 Å². The fourth-order valence-corrected chi connectivity index (χ4v) is 4.47. The third kappa shape index (κ3) is 7.14. The summed E-state index contributed by atoms with van der Waals surface area (Å²) >= 11 is 0.